The number of imidazole rings is 1. The Balaban J connectivity index is 1.71. The number of nitrogens with zero attached hydrogens (tertiary/aromatic N) is 2. The van der Waals surface area contributed by atoms with E-state index in [0.29, 0.717) is 6.54 Å². The predicted molar refractivity (Wildman–Crippen MR) is 80.7 cm³/mol. The van der Waals surface area contributed by atoms with Crippen LogP contribution in [0.5, 0.6) is 0 Å². The highest BCUT2D eigenvalue weighted by Crippen LogP contribution is 2.21. The van der Waals surface area contributed by atoms with Gasteiger partial charge in [0.1, 0.15) is 5.76 Å². The highest BCUT2D eigenvalue weighted by Gasteiger charge is 2.17. The van der Waals surface area contributed by atoms with E-state index in [2.05, 4.69) is 10.3 Å². The number of aliphatic hydroxyl groups is 1. The molecule has 3 aromatic rings. The predicted octanol–water partition coefficient (Wildman–Crippen LogP) is 2.38. The SMILES string of the molecule is CC(NCc1ccco1)C(O)c1ccc2c(c1)ncn2C. The van der Waals surface area contributed by atoms with Crippen molar-refractivity contribution in [1.29, 1.82) is 0 Å². The van der Waals surface area contributed by atoms with Crippen molar-refractivity contribution in [3.63, 3.8) is 0 Å². The minimum absolute atomic E-state index is 0.0868. The molecule has 2 atom stereocenters. The zero-order valence-corrected chi connectivity index (χ0v) is 12.2. The Morgan fingerprint density at radius 2 is 2.24 bits per heavy atom. The van der Waals surface area contributed by atoms with Crippen LogP contribution >= 0.6 is 0 Å². The minimum atomic E-state index is -0.591. The van der Waals surface area contributed by atoms with Crippen LogP contribution < -0.4 is 5.32 Å². The normalized spacial score (nSPS) is 14.4. The Kier molecular flexibility index (Phi) is 3.77. The number of aromatic nitrogens is 2. The number of rotatable bonds is 5. The fourth-order valence-electron chi connectivity index (χ4n) is 2.41. The van der Waals surface area contributed by atoms with Crippen LogP contribution in [0, 0.1) is 0 Å². The Morgan fingerprint density at radius 3 is 3.00 bits per heavy atom. The van der Waals surface area contributed by atoms with Crippen LogP contribution in [0.15, 0.2) is 47.3 Å². The third kappa shape index (κ3) is 2.84. The van der Waals surface area contributed by atoms with Crippen molar-refractivity contribution in [1.82, 2.24) is 14.9 Å². The first-order valence-electron chi connectivity index (χ1n) is 7.00. The molecule has 21 heavy (non-hydrogen) atoms. The molecule has 110 valence electrons. The number of aryl methyl sites for hydroxylation is 1. The van der Waals surface area contributed by atoms with E-state index in [4.69, 9.17) is 4.42 Å². The Bertz CT molecular complexity index is 718. The second kappa shape index (κ2) is 5.71. The molecule has 5 heteroatoms. The van der Waals surface area contributed by atoms with Crippen LogP contribution in [0.1, 0.15) is 24.4 Å². The van der Waals surface area contributed by atoms with Crippen LogP contribution in [0.25, 0.3) is 11.0 Å². The van der Waals surface area contributed by atoms with Crippen LogP contribution in [0.2, 0.25) is 0 Å². The van der Waals surface area contributed by atoms with E-state index in [-0.39, 0.29) is 6.04 Å². The van der Waals surface area contributed by atoms with Gasteiger partial charge in [-0.2, -0.15) is 0 Å². The van der Waals surface area contributed by atoms with E-state index in [0.717, 1.165) is 22.4 Å². The average molecular weight is 285 g/mol. The summed E-state index contributed by atoms with van der Waals surface area (Å²) in [6.45, 7) is 2.55. The fourth-order valence-corrected chi connectivity index (χ4v) is 2.41. The summed E-state index contributed by atoms with van der Waals surface area (Å²) in [7, 11) is 1.96. The van der Waals surface area contributed by atoms with E-state index in [1.54, 1.807) is 12.6 Å². The molecule has 2 heterocycles. The van der Waals surface area contributed by atoms with Gasteiger partial charge in [0.05, 0.1) is 36.3 Å². The van der Waals surface area contributed by atoms with Gasteiger partial charge in [0.2, 0.25) is 0 Å². The number of nitrogens with one attached hydrogen (secondary N) is 1. The highest BCUT2D eigenvalue weighted by molar-refractivity contribution is 5.76. The summed E-state index contributed by atoms with van der Waals surface area (Å²) < 4.78 is 7.24. The topological polar surface area (TPSA) is 63.2 Å². The molecular formula is C16H19N3O2. The smallest absolute Gasteiger partial charge is 0.117 e. The summed E-state index contributed by atoms with van der Waals surface area (Å²) in [4.78, 5) is 4.32. The molecule has 0 aliphatic rings. The first kappa shape index (κ1) is 13.9. The molecule has 0 saturated carbocycles. The molecule has 0 aliphatic heterocycles. The molecule has 0 fully saturated rings. The van der Waals surface area contributed by atoms with Gasteiger partial charge >= 0.3 is 0 Å². The van der Waals surface area contributed by atoms with Crippen molar-refractivity contribution < 1.29 is 9.52 Å². The van der Waals surface area contributed by atoms with Gasteiger partial charge in [-0.3, -0.25) is 0 Å². The zero-order valence-electron chi connectivity index (χ0n) is 12.2. The van der Waals surface area contributed by atoms with Crippen molar-refractivity contribution in [2.24, 2.45) is 7.05 Å². The standard InChI is InChI=1S/C16H19N3O2/c1-11(17-9-13-4-3-7-21-13)16(20)12-5-6-15-14(8-12)18-10-19(15)2/h3-8,10-11,16-17,20H,9H2,1-2H3. The second-order valence-corrected chi connectivity index (χ2v) is 5.30. The summed E-state index contributed by atoms with van der Waals surface area (Å²) >= 11 is 0. The first-order valence-corrected chi connectivity index (χ1v) is 7.00. The van der Waals surface area contributed by atoms with Crippen molar-refractivity contribution in [3.8, 4) is 0 Å². The monoisotopic (exact) mass is 285 g/mol. The number of hydrogen-bond acceptors (Lipinski definition) is 4. The summed E-state index contributed by atoms with van der Waals surface area (Å²) in [5.41, 5.74) is 2.81. The van der Waals surface area contributed by atoms with Crippen LogP contribution in [0.4, 0.5) is 0 Å². The van der Waals surface area contributed by atoms with Gasteiger partial charge in [0, 0.05) is 13.1 Å². The van der Waals surface area contributed by atoms with Gasteiger partial charge in [0.15, 0.2) is 0 Å². The van der Waals surface area contributed by atoms with Crippen molar-refractivity contribution >= 4 is 11.0 Å². The third-order valence-electron chi connectivity index (χ3n) is 3.74. The molecule has 0 spiro atoms. The van der Waals surface area contributed by atoms with Crippen molar-refractivity contribution in [3.05, 3.63) is 54.2 Å². The number of benzene rings is 1. The van der Waals surface area contributed by atoms with E-state index < -0.39 is 6.10 Å². The number of aliphatic hydroxyl groups excluding tert-OH is 1. The highest BCUT2D eigenvalue weighted by atomic mass is 16.3. The lowest BCUT2D eigenvalue weighted by Crippen LogP contribution is -2.31. The van der Waals surface area contributed by atoms with Gasteiger partial charge in [-0.25, -0.2) is 4.98 Å². The molecule has 0 bridgehead atoms. The van der Waals surface area contributed by atoms with Gasteiger partial charge in [-0.15, -0.1) is 0 Å². The molecule has 0 aliphatic carbocycles. The number of furan rings is 1. The van der Waals surface area contributed by atoms with Gasteiger partial charge in [-0.05, 0) is 36.8 Å². The van der Waals surface area contributed by atoms with Gasteiger partial charge < -0.3 is 19.4 Å². The fraction of sp³-hybridized carbons (Fsp3) is 0.312. The number of fused-ring (bicyclic) bond motifs is 1. The molecule has 5 nitrogen and oxygen atoms in total. The van der Waals surface area contributed by atoms with E-state index >= 15 is 0 Å². The molecule has 3 rings (SSSR count). The molecule has 0 saturated heterocycles. The van der Waals surface area contributed by atoms with Crippen LogP contribution in [-0.4, -0.2) is 20.7 Å². The largest absolute Gasteiger partial charge is 0.468 e. The second-order valence-electron chi connectivity index (χ2n) is 5.30. The number of hydrogen-bond donors (Lipinski definition) is 2. The molecule has 0 amide bonds. The molecule has 2 N–H and O–H groups in total. The molecule has 1 aromatic carbocycles. The molecule has 0 radical (unpaired) electrons. The summed E-state index contributed by atoms with van der Waals surface area (Å²) in [6.07, 6.45) is 2.83. The summed E-state index contributed by atoms with van der Waals surface area (Å²) in [5.74, 6) is 0.856. The summed E-state index contributed by atoms with van der Waals surface area (Å²) in [5, 5.41) is 13.7. The maximum absolute atomic E-state index is 10.5. The lowest BCUT2D eigenvalue weighted by Gasteiger charge is -2.20. The van der Waals surface area contributed by atoms with Crippen molar-refractivity contribution in [2.75, 3.05) is 0 Å². The van der Waals surface area contributed by atoms with E-state index in [1.165, 1.54) is 0 Å². The maximum Gasteiger partial charge on any atom is 0.117 e. The molecule has 2 aromatic heterocycles. The van der Waals surface area contributed by atoms with Crippen LogP contribution in [0.3, 0.4) is 0 Å². The Hall–Kier alpha value is -2.11. The lowest BCUT2D eigenvalue weighted by atomic mass is 10.0. The van der Waals surface area contributed by atoms with E-state index in [9.17, 15) is 5.11 Å². The Morgan fingerprint density at radius 1 is 1.38 bits per heavy atom. The maximum atomic E-state index is 10.5. The lowest BCUT2D eigenvalue weighted by molar-refractivity contribution is 0.134. The quantitative estimate of drug-likeness (QED) is 0.755. The van der Waals surface area contributed by atoms with Crippen LogP contribution in [-0.2, 0) is 13.6 Å². The van der Waals surface area contributed by atoms with E-state index in [1.807, 2.05) is 48.9 Å². The molecule has 2 unspecified atom stereocenters. The van der Waals surface area contributed by atoms with Crippen molar-refractivity contribution in [2.45, 2.75) is 25.6 Å². The average Bonchev–Trinajstić information content (AvgIpc) is 3.14. The zero-order chi connectivity index (χ0) is 14.8. The summed E-state index contributed by atoms with van der Waals surface area (Å²) in [6, 6.07) is 9.54. The first-order chi connectivity index (χ1) is 10.1. The Labute approximate surface area is 123 Å². The third-order valence-corrected chi connectivity index (χ3v) is 3.74. The van der Waals surface area contributed by atoms with Gasteiger partial charge in [-0.1, -0.05) is 6.07 Å². The molecular weight excluding hydrogens is 266 g/mol. The minimum Gasteiger partial charge on any atom is -0.468 e. The van der Waals surface area contributed by atoms with Gasteiger partial charge in [0.25, 0.3) is 0 Å².